The standard InChI is InChI=1S/C22H34O3.C21H32O3.C4H8O.CH4/c1-3-4-5-8-17(23)10-11-18-19-12-15-7-6-9-22(25-2)20(15)13-16(19)14-21(18)24;1-2-3-4-7-16(22)9-10-17-18-11-14-6-5-8-20(23)19(14)12-15(18)13-21(17)24;1-2-4-5-3-1;/h6-7,9,16-19,21,23-24H,3-5,8,10-14H2,1-2H3;5-6,8,15-18,21-24H,2-4,7,9-13H2,1H3;1-4H2;1H4/t16-,17-,18+,19-,21+;15-,16-,17+,18-,21+;;/m00../s1. The summed E-state index contributed by atoms with van der Waals surface area (Å²) in [6, 6.07) is 12.2. The van der Waals surface area contributed by atoms with Gasteiger partial charge in [0.05, 0.1) is 31.5 Å². The third-order valence-corrected chi connectivity index (χ3v) is 13.7. The average molecular weight is 767 g/mol. The molecule has 0 bridgehead atoms. The molecule has 5 aliphatic rings. The summed E-state index contributed by atoms with van der Waals surface area (Å²) in [4.78, 5) is 0. The number of methoxy groups -OCH3 is 1. The van der Waals surface area contributed by atoms with Gasteiger partial charge in [-0.25, -0.2) is 0 Å². The molecule has 1 aliphatic heterocycles. The summed E-state index contributed by atoms with van der Waals surface area (Å²) in [5.74, 6) is 4.13. The van der Waals surface area contributed by atoms with E-state index in [-0.39, 0.29) is 31.8 Å². The molecule has 2 aromatic rings. The average Bonchev–Trinajstić information content (AvgIpc) is 3.92. The van der Waals surface area contributed by atoms with Gasteiger partial charge in [-0.05, 0) is 160 Å². The summed E-state index contributed by atoms with van der Waals surface area (Å²) < 4.78 is 10.5. The van der Waals surface area contributed by atoms with Crippen LogP contribution in [0, 0.1) is 35.5 Å². The van der Waals surface area contributed by atoms with Crippen LogP contribution in [0.4, 0.5) is 0 Å². The van der Waals surface area contributed by atoms with Gasteiger partial charge in [0, 0.05) is 13.2 Å². The van der Waals surface area contributed by atoms with Gasteiger partial charge in [-0.15, -0.1) is 0 Å². The number of rotatable bonds is 15. The normalized spacial score (nSPS) is 28.5. The third kappa shape index (κ3) is 12.7. The van der Waals surface area contributed by atoms with E-state index in [1.807, 2.05) is 6.07 Å². The van der Waals surface area contributed by atoms with E-state index in [9.17, 15) is 25.5 Å². The maximum atomic E-state index is 10.6. The topological polar surface area (TPSA) is 120 Å². The second kappa shape index (κ2) is 23.3. The van der Waals surface area contributed by atoms with Crippen LogP contribution in [0.3, 0.4) is 0 Å². The summed E-state index contributed by atoms with van der Waals surface area (Å²) in [7, 11) is 1.74. The van der Waals surface area contributed by atoms with Gasteiger partial charge >= 0.3 is 0 Å². The molecule has 5 N–H and O–H groups in total. The van der Waals surface area contributed by atoms with Crippen LogP contribution in [0.2, 0.25) is 0 Å². The van der Waals surface area contributed by atoms with Crippen molar-refractivity contribution in [2.45, 2.75) is 174 Å². The van der Waals surface area contributed by atoms with Crippen LogP contribution < -0.4 is 4.74 Å². The quantitative estimate of drug-likeness (QED) is 0.115. The van der Waals surface area contributed by atoms with E-state index in [1.54, 1.807) is 13.2 Å². The van der Waals surface area contributed by atoms with Crippen LogP contribution in [0.15, 0.2) is 36.4 Å². The zero-order valence-electron chi connectivity index (χ0n) is 33.8. The Labute approximate surface area is 334 Å². The molecule has 2 aromatic carbocycles. The van der Waals surface area contributed by atoms with Gasteiger partial charge in [0.15, 0.2) is 0 Å². The lowest BCUT2D eigenvalue weighted by molar-refractivity contribution is 0.0864. The first kappa shape index (κ1) is 45.5. The number of unbranched alkanes of at least 4 members (excludes halogenated alkanes) is 4. The zero-order valence-corrected chi connectivity index (χ0v) is 33.8. The van der Waals surface area contributed by atoms with Crippen molar-refractivity contribution >= 4 is 0 Å². The first-order chi connectivity index (χ1) is 26.2. The lowest BCUT2D eigenvalue weighted by Crippen LogP contribution is -2.28. The fourth-order valence-corrected chi connectivity index (χ4v) is 10.6. The minimum Gasteiger partial charge on any atom is -0.508 e. The van der Waals surface area contributed by atoms with E-state index in [0.29, 0.717) is 41.3 Å². The van der Waals surface area contributed by atoms with E-state index in [0.717, 1.165) is 114 Å². The van der Waals surface area contributed by atoms with Crippen LogP contribution in [0.25, 0.3) is 0 Å². The molecule has 3 fully saturated rings. The van der Waals surface area contributed by atoms with Crippen molar-refractivity contribution in [1.82, 2.24) is 0 Å². The molecular formula is C48H78O7. The zero-order chi connectivity index (χ0) is 38.5. The van der Waals surface area contributed by atoms with E-state index in [1.165, 1.54) is 55.2 Å². The first-order valence-electron chi connectivity index (χ1n) is 22.0. The van der Waals surface area contributed by atoms with Crippen LogP contribution in [0.5, 0.6) is 11.5 Å². The molecule has 0 radical (unpaired) electrons. The van der Waals surface area contributed by atoms with E-state index < -0.39 is 0 Å². The molecule has 0 amide bonds. The van der Waals surface area contributed by atoms with Gasteiger partial charge in [-0.2, -0.15) is 0 Å². The second-order valence-electron chi connectivity index (χ2n) is 17.4. The van der Waals surface area contributed by atoms with Gasteiger partial charge in [0.2, 0.25) is 0 Å². The molecule has 0 unspecified atom stereocenters. The van der Waals surface area contributed by atoms with Crippen LogP contribution in [-0.4, -0.2) is 70.3 Å². The van der Waals surface area contributed by atoms with Crippen molar-refractivity contribution in [3.8, 4) is 11.5 Å². The molecule has 4 aliphatic carbocycles. The van der Waals surface area contributed by atoms with Crippen molar-refractivity contribution < 1.29 is 35.0 Å². The summed E-state index contributed by atoms with van der Waals surface area (Å²) in [6.07, 6.45) is 19.6. The van der Waals surface area contributed by atoms with Gasteiger partial charge in [0.1, 0.15) is 11.5 Å². The Morgan fingerprint density at radius 1 is 0.673 bits per heavy atom. The summed E-state index contributed by atoms with van der Waals surface area (Å²) in [5, 5.41) is 51.7. The number of benzene rings is 2. The summed E-state index contributed by atoms with van der Waals surface area (Å²) in [6.45, 7) is 6.37. The molecule has 312 valence electrons. The van der Waals surface area contributed by atoms with Crippen molar-refractivity contribution in [3.05, 3.63) is 58.7 Å². The Morgan fingerprint density at radius 3 is 1.64 bits per heavy atom. The molecular weight excluding hydrogens is 689 g/mol. The molecule has 7 rings (SSSR count). The number of phenolic OH excluding ortho intramolecular Hbond substituents is 1. The summed E-state index contributed by atoms with van der Waals surface area (Å²) in [5.41, 5.74) is 5.08. The van der Waals surface area contributed by atoms with Gasteiger partial charge in [-0.1, -0.05) is 84.1 Å². The third-order valence-electron chi connectivity index (χ3n) is 13.7. The van der Waals surface area contributed by atoms with Crippen LogP contribution in [0.1, 0.15) is 146 Å². The maximum absolute atomic E-state index is 10.6. The van der Waals surface area contributed by atoms with Crippen molar-refractivity contribution in [2.75, 3.05) is 20.3 Å². The van der Waals surface area contributed by atoms with E-state index in [2.05, 4.69) is 38.1 Å². The number of aliphatic hydroxyl groups excluding tert-OH is 4. The van der Waals surface area contributed by atoms with E-state index in [4.69, 9.17) is 9.47 Å². The number of hydrogen-bond acceptors (Lipinski definition) is 7. The minimum absolute atomic E-state index is 0. The number of phenols is 1. The molecule has 2 saturated carbocycles. The van der Waals surface area contributed by atoms with Crippen molar-refractivity contribution in [3.63, 3.8) is 0 Å². The largest absolute Gasteiger partial charge is 0.508 e. The monoisotopic (exact) mass is 767 g/mol. The number of aromatic hydroxyl groups is 1. The molecule has 7 nitrogen and oxygen atoms in total. The second-order valence-corrected chi connectivity index (χ2v) is 17.4. The highest BCUT2D eigenvalue weighted by Crippen LogP contribution is 2.49. The SMILES string of the molecule is C.C1CCOC1.CCCCC[C@H](O)CC[C@@H]1[C@H]2Cc3cccc(O)c3C[C@H]2C[C@H]1O.CCCCC[C@H](O)CC[C@@H]1[C@H]2Cc3cccc(OC)c3C[C@H]2C[C@H]1O. The fourth-order valence-electron chi connectivity index (χ4n) is 10.6. The number of fused-ring (bicyclic) bond motifs is 4. The summed E-state index contributed by atoms with van der Waals surface area (Å²) >= 11 is 0. The Hall–Kier alpha value is -2.16. The minimum atomic E-state index is -0.251. The van der Waals surface area contributed by atoms with E-state index >= 15 is 0 Å². The lowest BCUT2D eigenvalue weighted by Gasteiger charge is -2.32. The predicted octanol–water partition coefficient (Wildman–Crippen LogP) is 9.39. The maximum Gasteiger partial charge on any atom is 0.122 e. The molecule has 0 spiro atoms. The number of hydrogen-bond donors (Lipinski definition) is 5. The Bertz CT molecular complexity index is 1370. The van der Waals surface area contributed by atoms with Crippen molar-refractivity contribution in [1.29, 1.82) is 0 Å². The Morgan fingerprint density at radius 2 is 1.16 bits per heavy atom. The molecule has 55 heavy (non-hydrogen) atoms. The molecule has 0 aromatic heterocycles. The Kier molecular flexibility index (Phi) is 19.3. The van der Waals surface area contributed by atoms with Gasteiger partial charge < -0.3 is 35.0 Å². The fraction of sp³-hybridized carbons (Fsp3) is 0.750. The molecule has 1 heterocycles. The number of aliphatic hydroxyl groups is 4. The molecule has 1 saturated heterocycles. The van der Waals surface area contributed by atoms with Gasteiger partial charge in [-0.3, -0.25) is 0 Å². The molecule has 7 heteroatoms. The highest BCUT2D eigenvalue weighted by atomic mass is 16.5. The lowest BCUT2D eigenvalue weighted by atomic mass is 9.73. The molecule has 10 atom stereocenters. The van der Waals surface area contributed by atoms with Crippen LogP contribution in [-0.2, 0) is 30.4 Å². The van der Waals surface area contributed by atoms with Crippen molar-refractivity contribution in [2.24, 2.45) is 35.5 Å². The van der Waals surface area contributed by atoms with Crippen LogP contribution >= 0.6 is 0 Å². The first-order valence-corrected chi connectivity index (χ1v) is 22.0. The highest BCUT2D eigenvalue weighted by molar-refractivity contribution is 5.43. The smallest absolute Gasteiger partial charge is 0.122 e. The number of ether oxygens (including phenoxy) is 2. The Balaban J connectivity index is 0.000000213. The highest BCUT2D eigenvalue weighted by Gasteiger charge is 2.46. The van der Waals surface area contributed by atoms with Gasteiger partial charge in [0.25, 0.3) is 0 Å². The predicted molar refractivity (Wildman–Crippen MR) is 224 cm³/mol.